The Bertz CT molecular complexity index is 851. The van der Waals surface area contributed by atoms with Gasteiger partial charge in [-0.15, -0.1) is 5.10 Å². The van der Waals surface area contributed by atoms with E-state index < -0.39 is 0 Å². The zero-order chi connectivity index (χ0) is 17.8. The maximum Gasteiger partial charge on any atom is 0.203 e. The Hall–Kier alpha value is -3.22. The number of hydrogen-bond donors (Lipinski definition) is 0. The Kier molecular flexibility index (Phi) is 4.74. The fourth-order valence-electron chi connectivity index (χ4n) is 2.57. The van der Waals surface area contributed by atoms with Crippen LogP contribution in [0, 0.1) is 0 Å². The molecular formula is C18H19N3O4. The highest BCUT2D eigenvalue weighted by atomic mass is 16.5. The molecule has 25 heavy (non-hydrogen) atoms. The zero-order valence-corrected chi connectivity index (χ0v) is 14.5. The highest BCUT2D eigenvalue weighted by Crippen LogP contribution is 2.39. The molecule has 130 valence electrons. The summed E-state index contributed by atoms with van der Waals surface area (Å²) in [5, 5.41) is 8.45. The second kappa shape index (κ2) is 7.12. The molecule has 0 saturated carbocycles. The van der Waals surface area contributed by atoms with Crippen molar-refractivity contribution in [1.82, 2.24) is 15.0 Å². The van der Waals surface area contributed by atoms with Gasteiger partial charge in [0.15, 0.2) is 11.5 Å². The van der Waals surface area contributed by atoms with E-state index in [-0.39, 0.29) is 0 Å². The quantitative estimate of drug-likeness (QED) is 0.687. The number of nitrogens with zero attached hydrogens (tertiary/aromatic N) is 3. The van der Waals surface area contributed by atoms with Crippen molar-refractivity contribution in [2.24, 2.45) is 0 Å². The second-order valence-corrected chi connectivity index (χ2v) is 5.13. The maximum atomic E-state index is 5.38. The lowest BCUT2D eigenvalue weighted by atomic mass is 10.1. The van der Waals surface area contributed by atoms with Crippen molar-refractivity contribution < 1.29 is 18.9 Å². The molecule has 0 atom stereocenters. The van der Waals surface area contributed by atoms with Crippen LogP contribution in [0.5, 0.6) is 23.0 Å². The Morgan fingerprint density at radius 3 is 2.04 bits per heavy atom. The van der Waals surface area contributed by atoms with Crippen LogP contribution in [0.2, 0.25) is 0 Å². The van der Waals surface area contributed by atoms with E-state index in [4.69, 9.17) is 18.9 Å². The van der Waals surface area contributed by atoms with E-state index in [1.807, 2.05) is 42.6 Å². The molecule has 0 aliphatic carbocycles. The topological polar surface area (TPSA) is 67.6 Å². The van der Waals surface area contributed by atoms with Crippen molar-refractivity contribution in [3.05, 3.63) is 42.6 Å². The number of methoxy groups -OCH3 is 4. The molecule has 0 fully saturated rings. The number of hydrogen-bond acceptors (Lipinski definition) is 6. The summed E-state index contributed by atoms with van der Waals surface area (Å²) >= 11 is 0. The molecule has 2 aromatic carbocycles. The number of aromatic nitrogens is 3. The second-order valence-electron chi connectivity index (χ2n) is 5.13. The Balaban J connectivity index is 2.05. The van der Waals surface area contributed by atoms with E-state index in [0.29, 0.717) is 22.9 Å². The van der Waals surface area contributed by atoms with Crippen LogP contribution in [-0.4, -0.2) is 43.4 Å². The van der Waals surface area contributed by atoms with Crippen molar-refractivity contribution in [2.45, 2.75) is 0 Å². The molecule has 1 aromatic heterocycles. The lowest BCUT2D eigenvalue weighted by molar-refractivity contribution is 0.324. The van der Waals surface area contributed by atoms with Crippen molar-refractivity contribution >= 4 is 0 Å². The fraction of sp³-hybridized carbons (Fsp3) is 0.222. The molecule has 7 heteroatoms. The van der Waals surface area contributed by atoms with E-state index in [9.17, 15) is 0 Å². The molecule has 0 amide bonds. The molecule has 0 bridgehead atoms. The van der Waals surface area contributed by atoms with Crippen LogP contribution in [0.4, 0.5) is 0 Å². The summed E-state index contributed by atoms with van der Waals surface area (Å²) in [5.74, 6) is 2.36. The Morgan fingerprint density at radius 2 is 1.44 bits per heavy atom. The van der Waals surface area contributed by atoms with Gasteiger partial charge in [-0.05, 0) is 12.1 Å². The van der Waals surface area contributed by atoms with Crippen molar-refractivity contribution in [3.8, 4) is 39.9 Å². The van der Waals surface area contributed by atoms with Crippen LogP contribution in [0.1, 0.15) is 0 Å². The Morgan fingerprint density at radius 1 is 0.800 bits per heavy atom. The van der Waals surface area contributed by atoms with Crippen molar-refractivity contribution in [1.29, 1.82) is 0 Å². The number of benzene rings is 2. The van der Waals surface area contributed by atoms with Crippen LogP contribution in [0.15, 0.2) is 42.6 Å². The predicted octanol–water partition coefficient (Wildman–Crippen LogP) is 2.97. The molecule has 3 rings (SSSR count). The van der Waals surface area contributed by atoms with Gasteiger partial charge < -0.3 is 18.9 Å². The smallest absolute Gasteiger partial charge is 0.203 e. The molecular weight excluding hydrogens is 322 g/mol. The monoisotopic (exact) mass is 341 g/mol. The highest BCUT2D eigenvalue weighted by Gasteiger charge is 2.16. The lowest BCUT2D eigenvalue weighted by Crippen LogP contribution is -2.00. The summed E-state index contributed by atoms with van der Waals surface area (Å²) in [4.78, 5) is 0. The first-order valence-corrected chi connectivity index (χ1v) is 7.58. The van der Waals surface area contributed by atoms with Gasteiger partial charge in [-0.25, -0.2) is 4.68 Å². The van der Waals surface area contributed by atoms with Gasteiger partial charge >= 0.3 is 0 Å². The summed E-state index contributed by atoms with van der Waals surface area (Å²) in [7, 11) is 6.34. The first-order chi connectivity index (χ1) is 12.2. The van der Waals surface area contributed by atoms with Gasteiger partial charge in [-0.1, -0.05) is 17.3 Å². The van der Waals surface area contributed by atoms with E-state index in [0.717, 1.165) is 17.0 Å². The largest absolute Gasteiger partial charge is 0.496 e. The van der Waals surface area contributed by atoms with Gasteiger partial charge in [0.25, 0.3) is 0 Å². The molecule has 0 aliphatic rings. The minimum Gasteiger partial charge on any atom is -0.496 e. The first-order valence-electron chi connectivity index (χ1n) is 7.58. The lowest BCUT2D eigenvalue weighted by Gasteiger charge is -2.13. The molecule has 1 heterocycles. The number of para-hydroxylation sites is 1. The average molecular weight is 341 g/mol. The average Bonchev–Trinajstić information content (AvgIpc) is 3.16. The summed E-state index contributed by atoms with van der Waals surface area (Å²) in [6, 6.07) is 11.3. The van der Waals surface area contributed by atoms with Gasteiger partial charge in [0.05, 0.1) is 40.3 Å². The normalized spacial score (nSPS) is 10.4. The maximum absolute atomic E-state index is 5.38. The summed E-state index contributed by atoms with van der Waals surface area (Å²) < 4.78 is 23.1. The van der Waals surface area contributed by atoms with Crippen LogP contribution in [0.3, 0.4) is 0 Å². The van der Waals surface area contributed by atoms with Crippen LogP contribution in [0.25, 0.3) is 16.9 Å². The van der Waals surface area contributed by atoms with Crippen LogP contribution >= 0.6 is 0 Å². The molecule has 0 unspecified atom stereocenters. The molecule has 7 nitrogen and oxygen atoms in total. The zero-order valence-electron chi connectivity index (χ0n) is 14.5. The minimum atomic E-state index is 0.527. The van der Waals surface area contributed by atoms with Gasteiger partial charge in [0, 0.05) is 17.7 Å². The van der Waals surface area contributed by atoms with Crippen molar-refractivity contribution in [2.75, 3.05) is 28.4 Å². The fourth-order valence-corrected chi connectivity index (χ4v) is 2.57. The van der Waals surface area contributed by atoms with Gasteiger partial charge in [0.2, 0.25) is 5.75 Å². The third-order valence-electron chi connectivity index (χ3n) is 3.79. The predicted molar refractivity (Wildman–Crippen MR) is 93.0 cm³/mol. The number of ether oxygens (including phenoxy) is 4. The number of rotatable bonds is 6. The summed E-state index contributed by atoms with van der Waals surface area (Å²) in [5.41, 5.74) is 2.30. The molecule has 3 aromatic rings. The van der Waals surface area contributed by atoms with Crippen LogP contribution < -0.4 is 18.9 Å². The third kappa shape index (κ3) is 3.08. The first kappa shape index (κ1) is 16.6. The SMILES string of the molecule is COc1ccccc1-c1cn(-c2cc(OC)c(OC)c(OC)c2)nn1. The third-order valence-corrected chi connectivity index (χ3v) is 3.79. The summed E-state index contributed by atoms with van der Waals surface area (Å²) in [6.45, 7) is 0. The highest BCUT2D eigenvalue weighted by molar-refractivity contribution is 5.66. The van der Waals surface area contributed by atoms with Gasteiger partial charge in [0.1, 0.15) is 11.4 Å². The Labute approximate surface area is 145 Å². The minimum absolute atomic E-state index is 0.527. The van der Waals surface area contributed by atoms with Crippen molar-refractivity contribution in [3.63, 3.8) is 0 Å². The molecule has 0 saturated heterocycles. The summed E-state index contributed by atoms with van der Waals surface area (Å²) in [6.07, 6.45) is 1.82. The molecule has 0 spiro atoms. The van der Waals surface area contributed by atoms with Gasteiger partial charge in [-0.2, -0.15) is 0 Å². The van der Waals surface area contributed by atoms with Crippen LogP contribution in [-0.2, 0) is 0 Å². The van der Waals surface area contributed by atoms with E-state index in [1.165, 1.54) is 0 Å². The van der Waals surface area contributed by atoms with Gasteiger partial charge in [-0.3, -0.25) is 0 Å². The standard InChI is InChI=1S/C18H19N3O4/c1-22-15-8-6-5-7-13(15)14-11-21(20-19-14)12-9-16(23-2)18(25-4)17(10-12)24-3/h5-11H,1-4H3. The van der Waals surface area contributed by atoms with E-state index in [1.54, 1.807) is 33.1 Å². The van der Waals surface area contributed by atoms with E-state index >= 15 is 0 Å². The van der Waals surface area contributed by atoms with E-state index in [2.05, 4.69) is 10.3 Å². The molecule has 0 N–H and O–H groups in total. The molecule has 0 aliphatic heterocycles. The molecule has 0 radical (unpaired) electrons.